The van der Waals surface area contributed by atoms with Crippen LogP contribution in [0.25, 0.3) is 20.2 Å². The first kappa shape index (κ1) is 30.5. The number of hydrogen-bond donors (Lipinski definition) is 0. The molecule has 0 saturated carbocycles. The maximum atomic E-state index is 2.64. The minimum atomic E-state index is -0.0424. The molecule has 4 heterocycles. The van der Waals surface area contributed by atoms with Gasteiger partial charge in [-0.25, -0.2) is 0 Å². The van der Waals surface area contributed by atoms with Crippen molar-refractivity contribution in [2.45, 2.75) is 66.7 Å². The van der Waals surface area contributed by atoms with E-state index in [0.29, 0.717) is 5.41 Å². The molecule has 3 aliphatic rings. The van der Waals surface area contributed by atoms with Gasteiger partial charge in [-0.15, -0.1) is 22.7 Å². The highest BCUT2D eigenvalue weighted by atomic mass is 32.1. The number of anilines is 6. The molecule has 10 rings (SSSR count). The molecule has 2 aliphatic heterocycles. The topological polar surface area (TPSA) is 6.48 Å². The first-order valence-electron chi connectivity index (χ1n) is 18.0. The van der Waals surface area contributed by atoms with E-state index in [9.17, 15) is 0 Å². The molecule has 7 aromatic rings. The number of rotatable bonds is 2. The van der Waals surface area contributed by atoms with Crippen LogP contribution in [0.4, 0.5) is 34.1 Å². The van der Waals surface area contributed by atoms with E-state index < -0.39 is 0 Å². The van der Waals surface area contributed by atoms with Crippen LogP contribution in [0.1, 0.15) is 62.4 Å². The van der Waals surface area contributed by atoms with Gasteiger partial charge in [-0.2, -0.15) is 0 Å². The minimum absolute atomic E-state index is 0.0424. The Bertz CT molecular complexity index is 2530. The summed E-state index contributed by atoms with van der Waals surface area (Å²) in [5.41, 5.74) is 16.5. The van der Waals surface area contributed by atoms with E-state index in [1.54, 1.807) is 0 Å². The molecular formula is C45H41BN2S2. The molecule has 50 heavy (non-hydrogen) atoms. The van der Waals surface area contributed by atoms with Crippen LogP contribution in [-0.2, 0) is 18.3 Å². The van der Waals surface area contributed by atoms with Gasteiger partial charge >= 0.3 is 0 Å². The zero-order valence-electron chi connectivity index (χ0n) is 29.9. The molecule has 1 aliphatic carbocycles. The van der Waals surface area contributed by atoms with E-state index in [1.807, 2.05) is 22.7 Å². The van der Waals surface area contributed by atoms with Crippen molar-refractivity contribution in [2.24, 2.45) is 5.41 Å². The SMILES string of the molecule is Cc1ccc(N2c3cc(C(C)(C)C)cc4c3B(c3sc5ccccc5c32)c2sc3cc5c(cc3c2N4c2ccc(C)cc2)CC(C)(C)C5)cc1. The molecule has 0 fully saturated rings. The second kappa shape index (κ2) is 10.4. The molecule has 5 aromatic carbocycles. The summed E-state index contributed by atoms with van der Waals surface area (Å²) in [6, 6.07) is 37.6. The Kier molecular flexibility index (Phi) is 6.33. The third-order valence-corrected chi connectivity index (χ3v) is 13.7. The Hall–Kier alpha value is -4.32. The largest absolute Gasteiger partial charge is 0.310 e. The van der Waals surface area contributed by atoms with Crippen molar-refractivity contribution in [3.05, 3.63) is 125 Å². The minimum Gasteiger partial charge on any atom is -0.310 e. The summed E-state index contributed by atoms with van der Waals surface area (Å²) in [4.78, 5) is 5.23. The van der Waals surface area contributed by atoms with Gasteiger partial charge in [0.05, 0.1) is 11.4 Å². The second-order valence-corrected chi connectivity index (χ2v) is 18.9. The van der Waals surface area contributed by atoms with Gasteiger partial charge in [-0.3, -0.25) is 0 Å². The van der Waals surface area contributed by atoms with Crippen LogP contribution in [0.2, 0.25) is 0 Å². The highest BCUT2D eigenvalue weighted by Crippen LogP contribution is 2.52. The molecule has 0 spiro atoms. The lowest BCUT2D eigenvalue weighted by Gasteiger charge is -2.43. The van der Waals surface area contributed by atoms with E-state index in [4.69, 9.17) is 0 Å². The van der Waals surface area contributed by atoms with Crippen molar-refractivity contribution < 1.29 is 0 Å². The van der Waals surface area contributed by atoms with E-state index in [0.717, 1.165) is 12.8 Å². The summed E-state index contributed by atoms with van der Waals surface area (Å²) in [6.45, 7) is 16.5. The second-order valence-electron chi connectivity index (χ2n) is 16.7. The molecule has 5 heteroatoms. The average Bonchev–Trinajstić information content (AvgIpc) is 3.73. The van der Waals surface area contributed by atoms with Crippen molar-refractivity contribution in [1.82, 2.24) is 0 Å². The third kappa shape index (κ3) is 4.39. The van der Waals surface area contributed by atoms with E-state index in [-0.39, 0.29) is 12.1 Å². The number of thiophene rings is 2. The first-order valence-corrected chi connectivity index (χ1v) is 19.6. The number of aryl methyl sites for hydroxylation is 2. The quantitative estimate of drug-likeness (QED) is 0.167. The van der Waals surface area contributed by atoms with Gasteiger partial charge < -0.3 is 9.80 Å². The summed E-state index contributed by atoms with van der Waals surface area (Å²) >= 11 is 4.03. The lowest BCUT2D eigenvalue weighted by Crippen LogP contribution is -2.59. The summed E-state index contributed by atoms with van der Waals surface area (Å²) in [5.74, 6) is 0. The van der Waals surface area contributed by atoms with Crippen LogP contribution >= 0.6 is 22.7 Å². The molecule has 0 radical (unpaired) electrons. The van der Waals surface area contributed by atoms with Gasteiger partial charge in [-0.1, -0.05) is 88.2 Å². The average molecular weight is 685 g/mol. The van der Waals surface area contributed by atoms with Crippen LogP contribution in [0, 0.1) is 19.3 Å². The zero-order chi connectivity index (χ0) is 34.3. The van der Waals surface area contributed by atoms with E-state index in [1.165, 1.54) is 97.1 Å². The van der Waals surface area contributed by atoms with Gasteiger partial charge in [0.25, 0.3) is 6.71 Å². The Morgan fingerprint density at radius 2 is 1.14 bits per heavy atom. The molecule has 0 bridgehead atoms. The predicted molar refractivity (Wildman–Crippen MR) is 221 cm³/mol. The summed E-state index contributed by atoms with van der Waals surface area (Å²) in [6.07, 6.45) is 2.29. The normalized spacial score (nSPS) is 15.8. The summed E-state index contributed by atoms with van der Waals surface area (Å²) in [7, 11) is 0. The molecule has 0 atom stereocenters. The van der Waals surface area contributed by atoms with Crippen LogP contribution < -0.4 is 24.8 Å². The highest BCUT2D eigenvalue weighted by molar-refractivity contribution is 7.40. The fourth-order valence-electron chi connectivity index (χ4n) is 8.83. The van der Waals surface area contributed by atoms with Crippen LogP contribution in [-0.4, -0.2) is 6.71 Å². The number of hydrogen-bond acceptors (Lipinski definition) is 4. The van der Waals surface area contributed by atoms with Crippen molar-refractivity contribution in [2.75, 3.05) is 9.80 Å². The smallest absolute Gasteiger partial charge is 0.277 e. The fraction of sp³-hybridized carbons (Fsp3) is 0.244. The highest BCUT2D eigenvalue weighted by Gasteiger charge is 2.47. The Balaban J connectivity index is 1.36. The molecule has 0 amide bonds. The Morgan fingerprint density at radius 1 is 0.620 bits per heavy atom. The van der Waals surface area contributed by atoms with Crippen molar-refractivity contribution in [1.29, 1.82) is 0 Å². The Labute approximate surface area is 304 Å². The number of benzene rings is 5. The zero-order valence-corrected chi connectivity index (χ0v) is 31.6. The van der Waals surface area contributed by atoms with Gasteiger partial charge in [0.15, 0.2) is 0 Å². The molecular weight excluding hydrogens is 643 g/mol. The lowest BCUT2D eigenvalue weighted by atomic mass is 9.39. The molecule has 2 nitrogen and oxygen atoms in total. The fourth-order valence-corrected chi connectivity index (χ4v) is 11.6. The van der Waals surface area contributed by atoms with Gasteiger partial charge in [0.1, 0.15) is 0 Å². The number of nitrogens with zero attached hydrogens (tertiary/aromatic N) is 2. The molecule has 0 N–H and O–H groups in total. The standard InChI is InChI=1S/C45H41BN2S2/c1-26-12-16-31(17-13-26)47-35-22-30(44(3,4)5)23-36-39(35)46(42-40(47)33-10-8-9-11-37(33)49-42)43-41(48(36)32-18-14-27(2)15-19-32)34-20-28-24-45(6,7)25-29(28)21-38(34)50-43/h8-23H,24-25H2,1-7H3. The van der Waals surface area contributed by atoms with Crippen molar-refractivity contribution in [3.63, 3.8) is 0 Å². The maximum absolute atomic E-state index is 2.64. The van der Waals surface area contributed by atoms with Gasteiger partial charge in [0, 0.05) is 52.5 Å². The summed E-state index contributed by atoms with van der Waals surface area (Å²) < 4.78 is 5.69. The lowest BCUT2D eigenvalue weighted by molar-refractivity contribution is 0.392. The maximum Gasteiger partial charge on any atom is 0.277 e. The van der Waals surface area contributed by atoms with Crippen LogP contribution in [0.15, 0.2) is 97.1 Å². The van der Waals surface area contributed by atoms with E-state index >= 15 is 0 Å². The molecule has 2 aromatic heterocycles. The van der Waals surface area contributed by atoms with E-state index in [2.05, 4.69) is 155 Å². The summed E-state index contributed by atoms with van der Waals surface area (Å²) in [5, 5.41) is 2.74. The molecule has 0 unspecified atom stereocenters. The predicted octanol–water partition coefficient (Wildman–Crippen LogP) is 11.2. The molecule has 246 valence electrons. The number of fused-ring (bicyclic) bond motifs is 9. The molecule has 0 saturated heterocycles. The van der Waals surface area contributed by atoms with Crippen LogP contribution in [0.5, 0.6) is 0 Å². The van der Waals surface area contributed by atoms with Gasteiger partial charge in [0.2, 0.25) is 0 Å². The monoisotopic (exact) mass is 684 g/mol. The van der Waals surface area contributed by atoms with Gasteiger partial charge in [-0.05, 0) is 114 Å². The van der Waals surface area contributed by atoms with Crippen LogP contribution in [0.3, 0.4) is 0 Å². The Morgan fingerprint density at radius 3 is 1.72 bits per heavy atom. The third-order valence-electron chi connectivity index (χ3n) is 11.3. The van der Waals surface area contributed by atoms with Crippen molar-refractivity contribution in [3.8, 4) is 0 Å². The first-order chi connectivity index (χ1) is 23.9. The van der Waals surface area contributed by atoms with Crippen molar-refractivity contribution >= 4 is 98.7 Å².